The van der Waals surface area contributed by atoms with E-state index in [0.717, 1.165) is 51.4 Å². The normalized spacial score (nSPS) is 46.7. The van der Waals surface area contributed by atoms with Gasteiger partial charge in [-0.3, -0.25) is 19.0 Å². The standard InChI is InChI=1S/C34H49N3O4/c1-20-9-14-34(29(40)37-18-35-36-19-37)16-15-32(7)23(27(34)21(20)2)17-24(39)28-31(6)12-11-26(41-22(3)38)30(4,5)25(31)10-13-33(28,32)8/h17-21,25-28H,9-16H2,1-8H3/t20-,21+,25+,26+,27+,28-,31+,32-,33-,34+/m1/s1. The molecule has 4 fully saturated rings. The van der Waals surface area contributed by atoms with Crippen LogP contribution >= 0.6 is 0 Å². The number of hydrogen-bond acceptors (Lipinski definition) is 6. The predicted octanol–water partition coefficient (Wildman–Crippen LogP) is 6.69. The molecule has 0 aromatic carbocycles. The van der Waals surface area contributed by atoms with Crippen molar-refractivity contribution in [3.8, 4) is 0 Å². The van der Waals surface area contributed by atoms with Gasteiger partial charge in [0.15, 0.2) is 5.78 Å². The lowest BCUT2D eigenvalue weighted by atomic mass is 9.33. The van der Waals surface area contributed by atoms with Crippen LogP contribution in [0.1, 0.15) is 112 Å². The minimum absolute atomic E-state index is 0.0308. The maximum absolute atomic E-state index is 14.7. The predicted molar refractivity (Wildman–Crippen MR) is 156 cm³/mol. The fourth-order valence-corrected chi connectivity index (χ4v) is 11.6. The zero-order valence-electron chi connectivity index (χ0n) is 26.3. The quantitative estimate of drug-likeness (QED) is 0.373. The van der Waals surface area contributed by atoms with Crippen molar-refractivity contribution in [1.82, 2.24) is 14.8 Å². The van der Waals surface area contributed by atoms with Crippen LogP contribution in [0.3, 0.4) is 0 Å². The molecule has 6 rings (SSSR count). The number of ketones is 1. The topological polar surface area (TPSA) is 91.2 Å². The van der Waals surface area contributed by atoms with Crippen molar-refractivity contribution in [1.29, 1.82) is 0 Å². The molecule has 0 bridgehead atoms. The van der Waals surface area contributed by atoms with E-state index in [9.17, 15) is 14.4 Å². The molecule has 7 nitrogen and oxygen atoms in total. The van der Waals surface area contributed by atoms with Crippen LogP contribution in [0.2, 0.25) is 0 Å². The number of nitrogens with zero attached hydrogens (tertiary/aromatic N) is 3. The molecule has 1 heterocycles. The van der Waals surface area contributed by atoms with Gasteiger partial charge in [-0.2, -0.15) is 0 Å². The largest absolute Gasteiger partial charge is 0.462 e. The number of carbonyl (C=O) groups excluding carboxylic acids is 3. The highest BCUT2D eigenvalue weighted by atomic mass is 16.5. The van der Waals surface area contributed by atoms with Gasteiger partial charge < -0.3 is 4.74 Å². The van der Waals surface area contributed by atoms with Gasteiger partial charge in [0.05, 0.1) is 5.41 Å². The minimum atomic E-state index is -0.533. The van der Waals surface area contributed by atoms with Crippen LogP contribution in [0, 0.1) is 56.7 Å². The summed E-state index contributed by atoms with van der Waals surface area (Å²) in [6, 6.07) is 0. The van der Waals surface area contributed by atoms with Crippen molar-refractivity contribution in [3.05, 3.63) is 24.3 Å². The second kappa shape index (κ2) is 9.09. The number of aromatic nitrogens is 3. The summed E-state index contributed by atoms with van der Waals surface area (Å²) in [5.74, 6) is 1.15. The molecular weight excluding hydrogens is 514 g/mol. The van der Waals surface area contributed by atoms with Crippen LogP contribution in [-0.4, -0.2) is 38.5 Å². The maximum atomic E-state index is 14.7. The zero-order valence-corrected chi connectivity index (χ0v) is 26.3. The number of esters is 1. The summed E-state index contributed by atoms with van der Waals surface area (Å²) in [5.41, 5.74) is -0.0324. The third-order valence-electron chi connectivity index (χ3n) is 14.1. The van der Waals surface area contributed by atoms with Crippen LogP contribution in [-0.2, 0) is 14.3 Å². The van der Waals surface area contributed by atoms with Gasteiger partial charge >= 0.3 is 5.97 Å². The Labute approximate surface area is 245 Å². The molecule has 5 aliphatic rings. The molecule has 0 amide bonds. The highest BCUT2D eigenvalue weighted by Crippen LogP contribution is 2.75. The molecule has 5 aliphatic carbocycles. The number of fused-ring (bicyclic) bond motifs is 7. The van der Waals surface area contributed by atoms with Crippen LogP contribution in [0.4, 0.5) is 0 Å². The van der Waals surface area contributed by atoms with Gasteiger partial charge in [0, 0.05) is 18.3 Å². The molecule has 0 unspecified atom stereocenters. The fraction of sp³-hybridized carbons (Fsp3) is 0.794. The number of rotatable bonds is 2. The molecule has 41 heavy (non-hydrogen) atoms. The number of hydrogen-bond donors (Lipinski definition) is 0. The second-order valence-corrected chi connectivity index (χ2v) is 15.9. The van der Waals surface area contributed by atoms with Gasteiger partial charge in [-0.15, -0.1) is 10.2 Å². The van der Waals surface area contributed by atoms with E-state index in [4.69, 9.17) is 4.74 Å². The maximum Gasteiger partial charge on any atom is 0.302 e. The summed E-state index contributed by atoms with van der Waals surface area (Å²) in [4.78, 5) is 40.9. The van der Waals surface area contributed by atoms with Crippen LogP contribution in [0.15, 0.2) is 24.3 Å². The van der Waals surface area contributed by atoms with Gasteiger partial charge in [0.2, 0.25) is 5.91 Å². The van der Waals surface area contributed by atoms with E-state index >= 15 is 0 Å². The van der Waals surface area contributed by atoms with E-state index in [1.807, 2.05) is 6.08 Å². The monoisotopic (exact) mass is 563 g/mol. The molecular formula is C34H49N3O4. The van der Waals surface area contributed by atoms with E-state index in [1.165, 1.54) is 12.5 Å². The first kappa shape index (κ1) is 28.8. The summed E-state index contributed by atoms with van der Waals surface area (Å²) in [7, 11) is 0. The zero-order chi connectivity index (χ0) is 29.8. The third-order valence-corrected chi connectivity index (χ3v) is 14.1. The molecule has 224 valence electrons. The van der Waals surface area contributed by atoms with Crippen molar-refractivity contribution in [2.24, 2.45) is 56.7 Å². The summed E-state index contributed by atoms with van der Waals surface area (Å²) >= 11 is 0. The Hall–Kier alpha value is -2.31. The molecule has 0 saturated heterocycles. The van der Waals surface area contributed by atoms with Gasteiger partial charge in [-0.05, 0) is 97.4 Å². The smallest absolute Gasteiger partial charge is 0.302 e. The minimum Gasteiger partial charge on any atom is -0.462 e. The number of allylic oxidation sites excluding steroid dienone is 2. The van der Waals surface area contributed by atoms with Crippen molar-refractivity contribution < 1.29 is 19.1 Å². The first-order valence-corrected chi connectivity index (χ1v) is 16.0. The van der Waals surface area contributed by atoms with Crippen LogP contribution in [0.25, 0.3) is 0 Å². The average molecular weight is 564 g/mol. The Bertz CT molecular complexity index is 1300. The second-order valence-electron chi connectivity index (χ2n) is 15.9. The molecule has 0 N–H and O–H groups in total. The highest BCUT2D eigenvalue weighted by molar-refractivity contribution is 5.96. The Morgan fingerprint density at radius 1 is 0.927 bits per heavy atom. The Kier molecular flexibility index (Phi) is 6.39. The van der Waals surface area contributed by atoms with Crippen molar-refractivity contribution >= 4 is 17.7 Å². The van der Waals surface area contributed by atoms with Crippen LogP contribution in [0.5, 0.6) is 0 Å². The Balaban J connectivity index is 1.46. The van der Waals surface area contributed by atoms with Gasteiger partial charge in [-0.1, -0.05) is 54.0 Å². The number of ether oxygens (including phenoxy) is 1. The Morgan fingerprint density at radius 3 is 2.27 bits per heavy atom. The molecule has 10 atom stereocenters. The lowest BCUT2D eigenvalue weighted by Gasteiger charge is -2.70. The Morgan fingerprint density at radius 2 is 1.61 bits per heavy atom. The first-order chi connectivity index (χ1) is 19.1. The van der Waals surface area contributed by atoms with E-state index in [1.54, 1.807) is 17.2 Å². The van der Waals surface area contributed by atoms with E-state index in [-0.39, 0.29) is 57.3 Å². The van der Waals surface area contributed by atoms with Gasteiger partial charge in [0.25, 0.3) is 0 Å². The molecule has 0 aliphatic heterocycles. The summed E-state index contributed by atoms with van der Waals surface area (Å²) in [5, 5.41) is 7.91. The molecule has 7 heteroatoms. The van der Waals surface area contributed by atoms with E-state index in [2.05, 4.69) is 58.7 Å². The summed E-state index contributed by atoms with van der Waals surface area (Å²) in [6.45, 7) is 17.8. The van der Waals surface area contributed by atoms with Gasteiger partial charge in [-0.25, -0.2) is 0 Å². The van der Waals surface area contributed by atoms with Crippen molar-refractivity contribution in [2.45, 2.75) is 113 Å². The van der Waals surface area contributed by atoms with Gasteiger partial charge in [0.1, 0.15) is 18.8 Å². The summed E-state index contributed by atoms with van der Waals surface area (Å²) < 4.78 is 7.45. The SMILES string of the molecule is CC(=O)O[C@H]1CC[C@]2(C)[C@H]3C(=O)C=C4[C@@H]5[C@@H](C)[C@H](C)CC[C@]5(C(=O)n5cnnc5)CC[C@@]4(C)[C@]3(C)CC[C@H]2C1(C)C. The summed E-state index contributed by atoms with van der Waals surface area (Å²) in [6.07, 6.45) is 12.3. The first-order valence-electron chi connectivity index (χ1n) is 16.0. The highest BCUT2D eigenvalue weighted by Gasteiger charge is 2.71. The van der Waals surface area contributed by atoms with Crippen molar-refractivity contribution in [3.63, 3.8) is 0 Å². The van der Waals surface area contributed by atoms with Crippen LogP contribution < -0.4 is 0 Å². The lowest BCUT2D eigenvalue weighted by Crippen LogP contribution is -2.67. The molecule has 0 radical (unpaired) electrons. The lowest BCUT2D eigenvalue weighted by molar-refractivity contribution is -0.210. The van der Waals surface area contributed by atoms with Crippen molar-refractivity contribution in [2.75, 3.05) is 0 Å². The molecule has 1 aromatic rings. The molecule has 4 saturated carbocycles. The van der Waals surface area contributed by atoms with E-state index in [0.29, 0.717) is 17.8 Å². The third kappa shape index (κ3) is 3.65. The molecule has 0 spiro atoms. The fourth-order valence-electron chi connectivity index (χ4n) is 11.6. The molecule has 1 aromatic heterocycles. The van der Waals surface area contributed by atoms with E-state index < -0.39 is 5.41 Å². The number of carbonyl (C=O) groups is 3. The average Bonchev–Trinajstić information content (AvgIpc) is 3.43.